The number of likely N-dealkylation sites (N-methyl/N-ethyl adjacent to an activating group) is 2. The van der Waals surface area contributed by atoms with Gasteiger partial charge in [0.2, 0.25) is 5.75 Å². The molecule has 6 bridgehead atoms. The van der Waals surface area contributed by atoms with Gasteiger partial charge in [-0.25, -0.2) is 4.79 Å². The molecule has 5 aromatic rings. The van der Waals surface area contributed by atoms with Crippen molar-refractivity contribution >= 4 is 5.97 Å². The molecule has 0 saturated carbocycles. The number of hydrogen-bond acceptors (Lipinski definition) is 9. The number of esters is 1. The lowest BCUT2D eigenvalue weighted by atomic mass is 9.87. The molecular formula is C42H41N3O6. The zero-order valence-corrected chi connectivity index (χ0v) is 29.3. The summed E-state index contributed by atoms with van der Waals surface area (Å²) >= 11 is 0. The molecule has 0 aliphatic carbocycles. The molecule has 5 heterocycles. The number of carbonyl (C=O) groups is 1. The molecule has 0 amide bonds. The van der Waals surface area contributed by atoms with Gasteiger partial charge in [0.1, 0.15) is 11.5 Å². The van der Waals surface area contributed by atoms with E-state index in [1.54, 1.807) is 32.5 Å². The average Bonchev–Trinajstić information content (AvgIpc) is 3.15. The van der Waals surface area contributed by atoms with Gasteiger partial charge in [-0.05, 0) is 122 Å². The molecule has 0 N–H and O–H groups in total. The summed E-state index contributed by atoms with van der Waals surface area (Å²) < 4.78 is 31.4. The number of methoxy groups -OCH3 is 2. The molecule has 1 aromatic heterocycles. The Labute approximate surface area is 298 Å². The fraction of sp³-hybridized carbons (Fsp3) is 0.286. The van der Waals surface area contributed by atoms with Gasteiger partial charge in [0.25, 0.3) is 0 Å². The van der Waals surface area contributed by atoms with Crippen LogP contribution in [-0.4, -0.2) is 62.2 Å². The number of aromatic nitrogens is 1. The minimum absolute atomic E-state index is 0.124. The highest BCUT2D eigenvalue weighted by molar-refractivity contribution is 5.91. The summed E-state index contributed by atoms with van der Waals surface area (Å²) in [5, 5.41) is 0. The molecule has 51 heavy (non-hydrogen) atoms. The summed E-state index contributed by atoms with van der Waals surface area (Å²) in [6.45, 7) is 1.79. The molecule has 9 nitrogen and oxygen atoms in total. The lowest BCUT2D eigenvalue weighted by Gasteiger charge is -2.37. The topological polar surface area (TPSA) is 82.6 Å². The molecule has 0 saturated heterocycles. The first-order valence-electron chi connectivity index (χ1n) is 17.4. The van der Waals surface area contributed by atoms with E-state index in [0.717, 1.165) is 54.8 Å². The van der Waals surface area contributed by atoms with Crippen molar-refractivity contribution in [2.24, 2.45) is 0 Å². The molecule has 4 aliphatic rings. The Morgan fingerprint density at radius 2 is 1.49 bits per heavy atom. The normalized spacial score (nSPS) is 18.4. The molecule has 4 aromatic carbocycles. The third-order valence-corrected chi connectivity index (χ3v) is 10.4. The number of ether oxygens (including phenoxy) is 5. The molecule has 0 spiro atoms. The lowest BCUT2D eigenvalue weighted by Crippen LogP contribution is -2.34. The largest absolute Gasteiger partial charge is 0.493 e. The molecule has 0 radical (unpaired) electrons. The highest BCUT2D eigenvalue weighted by Gasteiger charge is 2.35. The summed E-state index contributed by atoms with van der Waals surface area (Å²) in [5.41, 5.74) is 7.16. The van der Waals surface area contributed by atoms with Gasteiger partial charge >= 0.3 is 5.97 Å². The van der Waals surface area contributed by atoms with Crippen LogP contribution < -0.4 is 23.7 Å². The molecule has 0 fully saturated rings. The maximum absolute atomic E-state index is 13.6. The maximum Gasteiger partial charge on any atom is 0.345 e. The van der Waals surface area contributed by atoms with Gasteiger partial charge in [-0.1, -0.05) is 24.3 Å². The first-order chi connectivity index (χ1) is 24.9. The van der Waals surface area contributed by atoms with E-state index in [2.05, 4.69) is 59.2 Å². The Bertz CT molecular complexity index is 2080. The second-order valence-corrected chi connectivity index (χ2v) is 13.5. The van der Waals surface area contributed by atoms with E-state index in [-0.39, 0.29) is 17.8 Å². The van der Waals surface area contributed by atoms with E-state index in [0.29, 0.717) is 40.7 Å². The van der Waals surface area contributed by atoms with Crippen LogP contribution in [0.3, 0.4) is 0 Å². The second-order valence-electron chi connectivity index (χ2n) is 13.5. The summed E-state index contributed by atoms with van der Waals surface area (Å²) in [4.78, 5) is 22.5. The van der Waals surface area contributed by atoms with Crippen LogP contribution >= 0.6 is 0 Å². The van der Waals surface area contributed by atoms with Crippen LogP contribution in [0.15, 0.2) is 91.3 Å². The third kappa shape index (κ3) is 6.39. The first kappa shape index (κ1) is 32.8. The molecule has 260 valence electrons. The van der Waals surface area contributed by atoms with Gasteiger partial charge in [0.15, 0.2) is 23.0 Å². The molecule has 4 aliphatic heterocycles. The summed E-state index contributed by atoms with van der Waals surface area (Å²) in [6, 6.07) is 26.2. The molecular weight excluding hydrogens is 642 g/mol. The van der Waals surface area contributed by atoms with Crippen LogP contribution in [0.2, 0.25) is 0 Å². The van der Waals surface area contributed by atoms with Crippen molar-refractivity contribution in [3.8, 4) is 40.2 Å². The Morgan fingerprint density at radius 1 is 0.765 bits per heavy atom. The van der Waals surface area contributed by atoms with Crippen LogP contribution in [-0.2, 0) is 25.7 Å². The lowest BCUT2D eigenvalue weighted by molar-refractivity contribution is 0.0723. The van der Waals surface area contributed by atoms with Crippen molar-refractivity contribution in [1.82, 2.24) is 14.8 Å². The molecule has 9 rings (SSSR count). The van der Waals surface area contributed by atoms with Crippen LogP contribution in [0, 0.1) is 0 Å². The SMILES string of the molecule is COc1ccc2cc1Oc1ccc(cc1)C[C@H]1c3cc(ccc3CCN1C)Oc1c(OC(=O)c3cccnc3)c(OC)cc3c1[C@H](C2)N(C)CC3. The molecule has 9 heteroatoms. The van der Waals surface area contributed by atoms with Crippen molar-refractivity contribution < 1.29 is 28.5 Å². The van der Waals surface area contributed by atoms with Crippen molar-refractivity contribution in [2.75, 3.05) is 41.4 Å². The fourth-order valence-corrected chi connectivity index (χ4v) is 7.61. The Hall–Kier alpha value is -5.38. The van der Waals surface area contributed by atoms with Crippen molar-refractivity contribution in [3.05, 3.63) is 130 Å². The van der Waals surface area contributed by atoms with Gasteiger partial charge in [-0.2, -0.15) is 0 Å². The average molecular weight is 684 g/mol. The number of carbonyl (C=O) groups excluding carboxylic acids is 1. The number of hydrogen-bond donors (Lipinski definition) is 0. The van der Waals surface area contributed by atoms with E-state index in [1.807, 2.05) is 36.4 Å². The number of nitrogens with zero attached hydrogens (tertiary/aromatic N) is 3. The van der Waals surface area contributed by atoms with Crippen LogP contribution in [0.1, 0.15) is 55.8 Å². The summed E-state index contributed by atoms with van der Waals surface area (Å²) in [7, 11) is 7.55. The number of benzene rings is 4. The number of pyridine rings is 1. The predicted octanol–water partition coefficient (Wildman–Crippen LogP) is 7.76. The Balaban J connectivity index is 1.33. The van der Waals surface area contributed by atoms with Crippen molar-refractivity contribution in [2.45, 2.75) is 37.8 Å². The van der Waals surface area contributed by atoms with E-state index >= 15 is 0 Å². The van der Waals surface area contributed by atoms with Gasteiger partial charge in [-0.3, -0.25) is 14.8 Å². The fourth-order valence-electron chi connectivity index (χ4n) is 7.61. The van der Waals surface area contributed by atoms with E-state index in [1.165, 1.54) is 22.9 Å². The number of rotatable bonds is 4. The smallest absolute Gasteiger partial charge is 0.345 e. The quantitative estimate of drug-likeness (QED) is 0.139. The van der Waals surface area contributed by atoms with Crippen LogP contribution in [0.4, 0.5) is 0 Å². The van der Waals surface area contributed by atoms with Gasteiger partial charge in [0.05, 0.1) is 19.8 Å². The van der Waals surface area contributed by atoms with E-state index < -0.39 is 5.97 Å². The molecule has 2 atom stereocenters. The standard InChI is InChI=1S/C42H41N3O6/c1-44-18-15-28-10-13-32-24-33(28)34(44)20-26-7-11-31(12-8-26)49-37-22-27(9-14-36(37)47-3)21-35-39-29(16-19-45(35)2)23-38(48-4)40(41(39)50-32)51-42(46)30-6-5-17-43-25-30/h5-14,17,22-25,34-35H,15-16,18-21H2,1-4H3/t34-,35-/m0/s1. The van der Waals surface area contributed by atoms with Gasteiger partial charge in [0, 0.05) is 43.1 Å². The van der Waals surface area contributed by atoms with Gasteiger partial charge in [-0.15, -0.1) is 0 Å². The van der Waals surface area contributed by atoms with Gasteiger partial charge < -0.3 is 23.7 Å². The Kier molecular flexibility index (Phi) is 8.83. The molecule has 0 unspecified atom stereocenters. The number of fused-ring (bicyclic) bond motifs is 2. The van der Waals surface area contributed by atoms with Crippen LogP contribution in [0.5, 0.6) is 40.2 Å². The first-order valence-corrected chi connectivity index (χ1v) is 17.4. The maximum atomic E-state index is 13.6. The highest BCUT2D eigenvalue weighted by Crippen LogP contribution is 2.51. The van der Waals surface area contributed by atoms with Crippen molar-refractivity contribution in [3.63, 3.8) is 0 Å². The predicted molar refractivity (Wildman–Crippen MR) is 194 cm³/mol. The minimum atomic E-state index is -0.545. The summed E-state index contributed by atoms with van der Waals surface area (Å²) in [6.07, 6.45) is 6.30. The van der Waals surface area contributed by atoms with E-state index in [9.17, 15) is 4.79 Å². The monoisotopic (exact) mass is 683 g/mol. The Morgan fingerprint density at radius 3 is 2.25 bits per heavy atom. The van der Waals surface area contributed by atoms with E-state index in [4.69, 9.17) is 23.7 Å². The summed E-state index contributed by atoms with van der Waals surface area (Å²) in [5.74, 6) is 3.32. The minimum Gasteiger partial charge on any atom is -0.493 e. The van der Waals surface area contributed by atoms with Crippen LogP contribution in [0.25, 0.3) is 0 Å². The third-order valence-electron chi connectivity index (χ3n) is 10.4. The second kappa shape index (κ2) is 13.7. The van der Waals surface area contributed by atoms with Crippen molar-refractivity contribution in [1.29, 1.82) is 0 Å². The zero-order valence-electron chi connectivity index (χ0n) is 29.3. The zero-order chi connectivity index (χ0) is 35.1. The highest BCUT2D eigenvalue weighted by atomic mass is 16.6.